The van der Waals surface area contributed by atoms with Crippen LogP contribution >= 0.6 is 11.6 Å². The van der Waals surface area contributed by atoms with Gasteiger partial charge >= 0.3 is 0 Å². The summed E-state index contributed by atoms with van der Waals surface area (Å²) in [6.07, 6.45) is 2.87. The number of carbonyl (C=O) groups is 1. The third-order valence-electron chi connectivity index (χ3n) is 4.65. The van der Waals surface area contributed by atoms with Crippen LogP contribution in [-0.4, -0.2) is 59.2 Å². The van der Waals surface area contributed by atoms with Gasteiger partial charge in [-0.1, -0.05) is 11.6 Å². The van der Waals surface area contributed by atoms with E-state index in [2.05, 4.69) is 5.32 Å². The zero-order valence-electron chi connectivity index (χ0n) is 17.1. The van der Waals surface area contributed by atoms with Crippen LogP contribution in [0.1, 0.15) is 5.56 Å². The number of nitrogens with zero attached hydrogens (tertiary/aromatic N) is 1. The molecule has 1 aliphatic heterocycles. The lowest BCUT2D eigenvalue weighted by atomic mass is 10.1. The molecule has 8 nitrogen and oxygen atoms in total. The first-order valence-electron chi connectivity index (χ1n) is 9.43. The molecule has 1 heterocycles. The summed E-state index contributed by atoms with van der Waals surface area (Å²) in [7, 11) is -0.643. The van der Waals surface area contributed by atoms with E-state index in [1.807, 2.05) is 0 Å². The Morgan fingerprint density at radius 3 is 2.55 bits per heavy atom. The molecule has 0 saturated carbocycles. The fraction of sp³-hybridized carbons (Fsp3) is 0.286. The summed E-state index contributed by atoms with van der Waals surface area (Å²) >= 11 is 6.18. The van der Waals surface area contributed by atoms with Crippen LogP contribution in [0.15, 0.2) is 47.4 Å². The number of halogens is 1. The van der Waals surface area contributed by atoms with E-state index >= 15 is 0 Å². The molecular weight excluding hydrogens is 444 g/mol. The van der Waals surface area contributed by atoms with Gasteiger partial charge in [-0.25, -0.2) is 8.42 Å². The van der Waals surface area contributed by atoms with Crippen molar-refractivity contribution in [3.05, 3.63) is 53.1 Å². The van der Waals surface area contributed by atoms with Gasteiger partial charge in [0.05, 0.1) is 43.0 Å². The van der Waals surface area contributed by atoms with Gasteiger partial charge in [-0.15, -0.1) is 0 Å². The van der Waals surface area contributed by atoms with Gasteiger partial charge in [-0.3, -0.25) is 4.79 Å². The first kappa shape index (κ1) is 23.1. The fourth-order valence-corrected chi connectivity index (χ4v) is 4.61. The first-order valence-corrected chi connectivity index (χ1v) is 11.3. The molecule has 0 spiro atoms. The number of amides is 1. The van der Waals surface area contributed by atoms with Crippen molar-refractivity contribution in [2.24, 2.45) is 0 Å². The largest absolute Gasteiger partial charge is 0.497 e. The van der Waals surface area contributed by atoms with E-state index in [1.54, 1.807) is 31.4 Å². The van der Waals surface area contributed by atoms with Crippen LogP contribution < -0.4 is 14.8 Å². The molecule has 0 radical (unpaired) electrons. The molecule has 1 aliphatic rings. The molecule has 0 bridgehead atoms. The van der Waals surface area contributed by atoms with Gasteiger partial charge in [-0.2, -0.15) is 4.31 Å². The normalized spacial score (nSPS) is 15.1. The van der Waals surface area contributed by atoms with Gasteiger partial charge in [0.1, 0.15) is 11.5 Å². The minimum Gasteiger partial charge on any atom is -0.497 e. The maximum Gasteiger partial charge on any atom is 0.248 e. The molecule has 166 valence electrons. The minimum absolute atomic E-state index is 0.0487. The average molecular weight is 467 g/mol. The van der Waals surface area contributed by atoms with Gasteiger partial charge in [0.2, 0.25) is 15.9 Å². The lowest BCUT2D eigenvalue weighted by Gasteiger charge is -2.26. The monoisotopic (exact) mass is 466 g/mol. The number of ether oxygens (including phenoxy) is 3. The van der Waals surface area contributed by atoms with E-state index in [0.29, 0.717) is 30.3 Å². The molecule has 31 heavy (non-hydrogen) atoms. The predicted octanol–water partition coefficient (Wildman–Crippen LogP) is 3.03. The van der Waals surface area contributed by atoms with Crippen molar-refractivity contribution in [2.75, 3.05) is 45.8 Å². The summed E-state index contributed by atoms with van der Waals surface area (Å²) in [5, 5.41) is 2.85. The second-order valence-corrected chi connectivity index (χ2v) is 8.93. The molecule has 1 amide bonds. The van der Waals surface area contributed by atoms with Crippen LogP contribution in [0.4, 0.5) is 5.69 Å². The molecule has 2 aromatic carbocycles. The number of rotatable bonds is 7. The molecule has 0 aromatic heterocycles. The third-order valence-corrected chi connectivity index (χ3v) is 6.88. The van der Waals surface area contributed by atoms with Crippen molar-refractivity contribution in [2.45, 2.75) is 4.90 Å². The quantitative estimate of drug-likeness (QED) is 0.630. The van der Waals surface area contributed by atoms with Crippen molar-refractivity contribution < 1.29 is 27.4 Å². The average Bonchev–Trinajstić information content (AvgIpc) is 2.79. The second-order valence-electron chi connectivity index (χ2n) is 6.59. The van der Waals surface area contributed by atoms with E-state index in [-0.39, 0.29) is 28.7 Å². The maximum atomic E-state index is 12.9. The van der Waals surface area contributed by atoms with Crippen molar-refractivity contribution >= 4 is 39.3 Å². The van der Waals surface area contributed by atoms with Crippen molar-refractivity contribution in [3.8, 4) is 11.5 Å². The van der Waals surface area contributed by atoms with Crippen LogP contribution in [0.5, 0.6) is 11.5 Å². The number of sulfonamides is 1. The lowest BCUT2D eigenvalue weighted by molar-refractivity contribution is -0.111. The smallest absolute Gasteiger partial charge is 0.248 e. The lowest BCUT2D eigenvalue weighted by Crippen LogP contribution is -2.40. The van der Waals surface area contributed by atoms with E-state index in [1.165, 1.54) is 35.7 Å². The molecule has 3 rings (SSSR count). The summed E-state index contributed by atoms with van der Waals surface area (Å²) < 4.78 is 42.7. The SMILES string of the molecule is COc1ccc(OC)c(/C=C/C(=O)Nc2cc(S(=O)(=O)N3CCOCC3)ccc2Cl)c1. The van der Waals surface area contributed by atoms with E-state index in [0.717, 1.165) is 0 Å². The van der Waals surface area contributed by atoms with Gasteiger partial charge in [0.25, 0.3) is 0 Å². The summed E-state index contributed by atoms with van der Waals surface area (Å²) in [6, 6.07) is 9.42. The maximum absolute atomic E-state index is 12.9. The topological polar surface area (TPSA) is 94.2 Å². The fourth-order valence-electron chi connectivity index (χ4n) is 3.01. The summed E-state index contributed by atoms with van der Waals surface area (Å²) in [6.45, 7) is 1.24. The molecule has 1 N–H and O–H groups in total. The van der Waals surface area contributed by atoms with Crippen LogP contribution in [0.25, 0.3) is 6.08 Å². The second kappa shape index (κ2) is 10.1. The van der Waals surface area contributed by atoms with E-state index in [4.69, 9.17) is 25.8 Å². The zero-order chi connectivity index (χ0) is 22.4. The Bertz CT molecular complexity index is 1080. The number of nitrogens with one attached hydrogen (secondary N) is 1. The molecular formula is C21H23ClN2O6S. The number of anilines is 1. The number of hydrogen-bond acceptors (Lipinski definition) is 6. The number of morpholine rings is 1. The Kier molecular flexibility index (Phi) is 7.55. The van der Waals surface area contributed by atoms with E-state index in [9.17, 15) is 13.2 Å². The highest BCUT2D eigenvalue weighted by Gasteiger charge is 2.27. The van der Waals surface area contributed by atoms with Gasteiger partial charge in [-0.05, 0) is 42.5 Å². The Morgan fingerprint density at radius 2 is 1.87 bits per heavy atom. The van der Waals surface area contributed by atoms with Gasteiger partial charge in [0, 0.05) is 24.7 Å². The van der Waals surface area contributed by atoms with Crippen molar-refractivity contribution in [3.63, 3.8) is 0 Å². The third kappa shape index (κ3) is 5.56. The summed E-state index contributed by atoms with van der Waals surface area (Å²) in [4.78, 5) is 12.5. The Morgan fingerprint density at radius 1 is 1.13 bits per heavy atom. The van der Waals surface area contributed by atoms with Gasteiger partial charge in [0.15, 0.2) is 0 Å². The molecule has 1 fully saturated rings. The molecule has 0 unspecified atom stereocenters. The Labute approximate surface area is 186 Å². The van der Waals surface area contributed by atoms with Crippen LogP contribution in [0.3, 0.4) is 0 Å². The molecule has 2 aromatic rings. The first-order chi connectivity index (χ1) is 14.8. The highest BCUT2D eigenvalue weighted by Crippen LogP contribution is 2.28. The zero-order valence-corrected chi connectivity index (χ0v) is 18.7. The number of hydrogen-bond donors (Lipinski definition) is 1. The molecule has 0 aliphatic carbocycles. The number of benzene rings is 2. The highest BCUT2D eigenvalue weighted by atomic mass is 35.5. The highest BCUT2D eigenvalue weighted by molar-refractivity contribution is 7.89. The molecule has 10 heteroatoms. The Hall–Kier alpha value is -2.59. The van der Waals surface area contributed by atoms with Gasteiger partial charge < -0.3 is 19.5 Å². The minimum atomic E-state index is -3.71. The van der Waals surface area contributed by atoms with Crippen molar-refractivity contribution in [1.29, 1.82) is 0 Å². The van der Waals surface area contributed by atoms with E-state index < -0.39 is 15.9 Å². The predicted molar refractivity (Wildman–Crippen MR) is 118 cm³/mol. The van der Waals surface area contributed by atoms with Crippen LogP contribution in [0, 0.1) is 0 Å². The van der Waals surface area contributed by atoms with Crippen LogP contribution in [0.2, 0.25) is 5.02 Å². The summed E-state index contributed by atoms with van der Waals surface area (Å²) in [5.74, 6) is 0.708. The summed E-state index contributed by atoms with van der Waals surface area (Å²) in [5.41, 5.74) is 0.843. The number of methoxy groups -OCH3 is 2. The van der Waals surface area contributed by atoms with Crippen LogP contribution in [-0.2, 0) is 19.6 Å². The molecule has 0 atom stereocenters. The standard InChI is InChI=1S/C21H23ClN2O6S/c1-28-16-4-7-20(29-2)15(13-16)3-8-21(25)23-19-14-17(5-6-18(19)22)31(26,27)24-9-11-30-12-10-24/h3-8,13-14H,9-12H2,1-2H3,(H,23,25)/b8-3+. The number of carbonyl (C=O) groups excluding carboxylic acids is 1. The van der Waals surface area contributed by atoms with Crippen molar-refractivity contribution in [1.82, 2.24) is 4.31 Å². The Balaban J connectivity index is 1.79. The molecule has 1 saturated heterocycles.